The molecule has 2 aromatic rings. The van der Waals surface area contributed by atoms with Gasteiger partial charge in [0.2, 0.25) is 5.43 Å². The van der Waals surface area contributed by atoms with E-state index in [0.29, 0.717) is 21.2 Å². The summed E-state index contributed by atoms with van der Waals surface area (Å²) in [6, 6.07) is 1.74. The van der Waals surface area contributed by atoms with E-state index >= 15 is 0 Å². The minimum absolute atomic E-state index is 0.177. The zero-order valence-electron chi connectivity index (χ0n) is 13.4. The zero-order valence-corrected chi connectivity index (χ0v) is 14.9. The number of carbonyl (C=O) groups is 1. The van der Waals surface area contributed by atoms with Gasteiger partial charge in [0.15, 0.2) is 0 Å². The number of pyridine rings is 1. The topological polar surface area (TPSA) is 74.6 Å². The lowest BCUT2D eigenvalue weighted by Crippen LogP contribution is -2.43. The first-order chi connectivity index (χ1) is 12.0. The van der Waals surface area contributed by atoms with Crippen molar-refractivity contribution in [1.29, 1.82) is 0 Å². The standard InChI is InChI=1S/C17H17Cl2N3O3/c18-12-7-10-14(13(19)15(12)21-5-3-20-4-6-21)22(9-1-2-9)8-11(16(10)23)17(24)25/h7-9,20H,1-6H2,(H,24,25). The highest BCUT2D eigenvalue weighted by Gasteiger charge is 2.30. The van der Waals surface area contributed by atoms with Crippen molar-refractivity contribution in [3.05, 3.63) is 38.1 Å². The average molecular weight is 382 g/mol. The number of nitrogens with zero attached hydrogens (tertiary/aromatic N) is 2. The Morgan fingerprint density at radius 1 is 1.24 bits per heavy atom. The Labute approximate surface area is 153 Å². The summed E-state index contributed by atoms with van der Waals surface area (Å²) in [5.41, 5.74) is 0.503. The first kappa shape index (κ1) is 16.7. The Morgan fingerprint density at radius 2 is 1.92 bits per heavy atom. The van der Waals surface area contributed by atoms with Crippen molar-refractivity contribution in [3.63, 3.8) is 0 Å². The maximum atomic E-state index is 12.6. The minimum atomic E-state index is -1.24. The van der Waals surface area contributed by atoms with Crippen LogP contribution in [0.3, 0.4) is 0 Å². The lowest BCUT2D eigenvalue weighted by atomic mass is 10.1. The van der Waals surface area contributed by atoms with Crippen LogP contribution in [0.25, 0.3) is 10.9 Å². The summed E-state index contributed by atoms with van der Waals surface area (Å²) in [5, 5.41) is 13.7. The van der Waals surface area contributed by atoms with Crippen molar-refractivity contribution < 1.29 is 9.90 Å². The molecule has 0 radical (unpaired) electrons. The first-order valence-corrected chi connectivity index (χ1v) is 9.00. The van der Waals surface area contributed by atoms with Gasteiger partial charge in [0.25, 0.3) is 0 Å². The molecule has 1 aliphatic carbocycles. The van der Waals surface area contributed by atoms with Crippen LogP contribution in [-0.2, 0) is 0 Å². The summed E-state index contributed by atoms with van der Waals surface area (Å²) in [4.78, 5) is 26.2. The summed E-state index contributed by atoms with van der Waals surface area (Å²) < 4.78 is 1.84. The average Bonchev–Trinajstić information content (AvgIpc) is 3.41. The third-order valence-electron chi connectivity index (χ3n) is 4.79. The van der Waals surface area contributed by atoms with E-state index in [2.05, 4.69) is 10.2 Å². The van der Waals surface area contributed by atoms with Gasteiger partial charge < -0.3 is 19.9 Å². The van der Waals surface area contributed by atoms with E-state index in [-0.39, 0.29) is 17.0 Å². The largest absolute Gasteiger partial charge is 0.477 e. The van der Waals surface area contributed by atoms with E-state index in [1.54, 1.807) is 6.07 Å². The van der Waals surface area contributed by atoms with Crippen LogP contribution in [0.2, 0.25) is 10.0 Å². The highest BCUT2D eigenvalue weighted by molar-refractivity contribution is 6.42. The predicted octanol–water partition coefficient (Wildman–Crippen LogP) is 2.75. The number of halogens is 2. The molecule has 0 bridgehead atoms. The Morgan fingerprint density at radius 3 is 2.52 bits per heavy atom. The summed E-state index contributed by atoms with van der Waals surface area (Å²) in [7, 11) is 0. The molecule has 0 unspecified atom stereocenters. The number of aromatic nitrogens is 1. The van der Waals surface area contributed by atoms with Gasteiger partial charge in [0.05, 0.1) is 21.2 Å². The van der Waals surface area contributed by atoms with Crippen molar-refractivity contribution in [2.45, 2.75) is 18.9 Å². The number of carboxylic acid groups (broad SMARTS) is 1. The number of benzene rings is 1. The van der Waals surface area contributed by atoms with Crippen molar-refractivity contribution in [3.8, 4) is 0 Å². The van der Waals surface area contributed by atoms with Crippen LogP contribution in [0.4, 0.5) is 5.69 Å². The van der Waals surface area contributed by atoms with Gasteiger partial charge in [-0.3, -0.25) is 4.79 Å². The van der Waals surface area contributed by atoms with E-state index < -0.39 is 11.4 Å². The molecule has 1 aromatic heterocycles. The maximum Gasteiger partial charge on any atom is 0.341 e. The van der Waals surface area contributed by atoms with Crippen LogP contribution >= 0.6 is 23.2 Å². The molecule has 0 spiro atoms. The molecule has 1 saturated carbocycles. The van der Waals surface area contributed by atoms with Crippen LogP contribution in [0.1, 0.15) is 29.2 Å². The molecule has 2 heterocycles. The monoisotopic (exact) mass is 381 g/mol. The van der Waals surface area contributed by atoms with E-state index in [1.165, 1.54) is 6.20 Å². The molecule has 1 aliphatic heterocycles. The number of rotatable bonds is 3. The normalized spacial score (nSPS) is 17.9. The zero-order chi connectivity index (χ0) is 17.7. The number of nitrogens with one attached hydrogen (secondary N) is 1. The fourth-order valence-electron chi connectivity index (χ4n) is 3.40. The summed E-state index contributed by atoms with van der Waals surface area (Å²) in [6.07, 6.45) is 3.31. The molecular weight excluding hydrogens is 365 g/mol. The third kappa shape index (κ3) is 2.78. The number of anilines is 1. The van der Waals surface area contributed by atoms with Crippen molar-refractivity contribution in [2.75, 3.05) is 31.1 Å². The smallest absolute Gasteiger partial charge is 0.341 e. The Balaban J connectivity index is 2.02. The highest BCUT2D eigenvalue weighted by Crippen LogP contribution is 2.43. The fraction of sp³-hybridized carbons (Fsp3) is 0.412. The Kier molecular flexibility index (Phi) is 4.14. The van der Waals surface area contributed by atoms with Crippen LogP contribution in [-0.4, -0.2) is 41.8 Å². The fourth-order valence-corrected chi connectivity index (χ4v) is 4.20. The molecular formula is C17H17Cl2N3O3. The Hall–Kier alpha value is -1.76. The maximum absolute atomic E-state index is 12.6. The number of carboxylic acids is 1. The molecule has 0 atom stereocenters. The van der Waals surface area contributed by atoms with E-state index in [1.807, 2.05) is 4.57 Å². The van der Waals surface area contributed by atoms with Crippen molar-refractivity contribution >= 4 is 45.8 Å². The quantitative estimate of drug-likeness (QED) is 0.854. The summed E-state index contributed by atoms with van der Waals surface area (Å²) in [5.74, 6) is -1.24. The highest BCUT2D eigenvalue weighted by atomic mass is 35.5. The van der Waals surface area contributed by atoms with E-state index in [9.17, 15) is 14.7 Å². The van der Waals surface area contributed by atoms with Gasteiger partial charge in [-0.2, -0.15) is 0 Å². The lowest BCUT2D eigenvalue weighted by Gasteiger charge is -2.31. The molecule has 2 N–H and O–H groups in total. The van der Waals surface area contributed by atoms with Gasteiger partial charge in [-0.15, -0.1) is 0 Å². The number of hydrogen-bond acceptors (Lipinski definition) is 4. The summed E-state index contributed by atoms with van der Waals surface area (Å²) >= 11 is 13.2. The second-order valence-corrected chi connectivity index (χ2v) is 7.25. The second kappa shape index (κ2) is 6.20. The molecule has 1 aromatic carbocycles. The second-order valence-electron chi connectivity index (χ2n) is 6.47. The van der Waals surface area contributed by atoms with Gasteiger partial charge in [0.1, 0.15) is 5.56 Å². The molecule has 1 saturated heterocycles. The van der Waals surface area contributed by atoms with Crippen molar-refractivity contribution in [1.82, 2.24) is 9.88 Å². The van der Waals surface area contributed by atoms with E-state index in [4.69, 9.17) is 23.2 Å². The van der Waals surface area contributed by atoms with Crippen molar-refractivity contribution in [2.24, 2.45) is 0 Å². The number of aromatic carboxylic acids is 1. The molecule has 2 fully saturated rings. The molecule has 0 amide bonds. The van der Waals surface area contributed by atoms with Gasteiger partial charge >= 0.3 is 5.97 Å². The van der Waals surface area contributed by atoms with Gasteiger partial charge in [-0.1, -0.05) is 23.2 Å². The van der Waals surface area contributed by atoms with Crippen LogP contribution in [0.5, 0.6) is 0 Å². The molecule has 25 heavy (non-hydrogen) atoms. The minimum Gasteiger partial charge on any atom is -0.477 e. The lowest BCUT2D eigenvalue weighted by molar-refractivity contribution is 0.0695. The molecule has 2 aliphatic rings. The molecule has 6 nitrogen and oxygen atoms in total. The number of fused-ring (bicyclic) bond motifs is 1. The third-order valence-corrected chi connectivity index (χ3v) is 5.43. The molecule has 4 rings (SSSR count). The van der Waals surface area contributed by atoms with Gasteiger partial charge in [0, 0.05) is 43.8 Å². The SMILES string of the molecule is O=C(O)c1cn(C2CC2)c2c(Cl)c(N3CCNCC3)c(Cl)cc2c1=O. The Bertz CT molecular complexity index is 931. The van der Waals surface area contributed by atoms with Crippen LogP contribution in [0, 0.1) is 0 Å². The van der Waals surface area contributed by atoms with Gasteiger partial charge in [-0.25, -0.2) is 4.79 Å². The predicted molar refractivity (Wildman–Crippen MR) is 98.5 cm³/mol. The molecule has 8 heteroatoms. The summed E-state index contributed by atoms with van der Waals surface area (Å²) in [6.45, 7) is 3.20. The van der Waals surface area contributed by atoms with Crippen LogP contribution < -0.4 is 15.6 Å². The number of piperazine rings is 1. The first-order valence-electron chi connectivity index (χ1n) is 8.25. The number of hydrogen-bond donors (Lipinski definition) is 2. The molecule has 132 valence electrons. The van der Waals surface area contributed by atoms with Gasteiger partial charge in [-0.05, 0) is 18.9 Å². The van der Waals surface area contributed by atoms with E-state index in [0.717, 1.165) is 39.0 Å². The van der Waals surface area contributed by atoms with Crippen LogP contribution in [0.15, 0.2) is 17.1 Å².